The first kappa shape index (κ1) is 13.6. The molecule has 0 heterocycles. The summed E-state index contributed by atoms with van der Waals surface area (Å²) in [4.78, 5) is 0.406. The average molecular weight is 267 g/mol. The van der Waals surface area contributed by atoms with E-state index in [1.54, 1.807) is 12.1 Å². The van der Waals surface area contributed by atoms with Crippen molar-refractivity contribution in [3.8, 4) is 0 Å². The molecule has 18 heavy (non-hydrogen) atoms. The van der Waals surface area contributed by atoms with Crippen LogP contribution in [0.2, 0.25) is 0 Å². The molecule has 1 aromatic carbocycles. The van der Waals surface area contributed by atoms with E-state index < -0.39 is 9.84 Å². The lowest BCUT2D eigenvalue weighted by Gasteiger charge is -2.19. The van der Waals surface area contributed by atoms with Gasteiger partial charge in [-0.15, -0.1) is 0 Å². The molecule has 1 N–H and O–H groups in total. The molecule has 0 saturated heterocycles. The maximum atomic E-state index is 12.1. The second kappa shape index (κ2) is 4.67. The largest absolute Gasteiger partial charge is 0.301 e. The van der Waals surface area contributed by atoms with E-state index in [-0.39, 0.29) is 11.3 Å². The number of sulfone groups is 1. The zero-order valence-electron chi connectivity index (χ0n) is 11.2. The Kier molecular flexibility index (Phi) is 3.52. The maximum Gasteiger partial charge on any atom is 0.191 e. The van der Waals surface area contributed by atoms with Gasteiger partial charge in [-0.25, -0.2) is 8.42 Å². The smallest absolute Gasteiger partial charge is 0.191 e. The molecule has 1 saturated carbocycles. The van der Waals surface area contributed by atoms with Crippen LogP contribution in [-0.4, -0.2) is 20.3 Å². The zero-order valence-corrected chi connectivity index (χ0v) is 12.0. The second-order valence-electron chi connectivity index (χ2n) is 6.01. The Bertz CT molecular complexity index is 508. The first-order valence-electron chi connectivity index (χ1n) is 6.36. The molecule has 0 spiro atoms. The van der Waals surface area contributed by atoms with Gasteiger partial charge in [-0.05, 0) is 36.0 Å². The van der Waals surface area contributed by atoms with Crippen molar-refractivity contribution < 1.29 is 8.42 Å². The van der Waals surface area contributed by atoms with Crippen molar-refractivity contribution in [3.63, 3.8) is 0 Å². The number of hydrogen-bond acceptors (Lipinski definition) is 3. The highest BCUT2D eigenvalue weighted by molar-refractivity contribution is 7.91. The molecular weight excluding hydrogens is 246 g/mol. The summed E-state index contributed by atoms with van der Waals surface area (Å²) in [6, 6.07) is 7.65. The third-order valence-electron chi connectivity index (χ3n) is 3.22. The van der Waals surface area contributed by atoms with E-state index in [4.69, 9.17) is 0 Å². The predicted octanol–water partition coefficient (Wildman–Crippen LogP) is 2.47. The van der Waals surface area contributed by atoms with E-state index in [1.807, 2.05) is 12.1 Å². The van der Waals surface area contributed by atoms with Gasteiger partial charge >= 0.3 is 0 Å². The summed E-state index contributed by atoms with van der Waals surface area (Å²) in [5.41, 5.74) is 1.20. The topological polar surface area (TPSA) is 46.2 Å². The molecule has 100 valence electrons. The highest BCUT2D eigenvalue weighted by Gasteiger charge is 2.24. The van der Waals surface area contributed by atoms with Crippen LogP contribution in [0.15, 0.2) is 29.2 Å². The minimum absolute atomic E-state index is 0.0481. The van der Waals surface area contributed by atoms with Crippen LogP contribution in [0.4, 0.5) is 0 Å². The van der Waals surface area contributed by atoms with Gasteiger partial charge in [0.05, 0.1) is 4.90 Å². The number of hydrogen-bond donors (Lipinski definition) is 1. The molecule has 0 aromatic heterocycles. The van der Waals surface area contributed by atoms with Crippen molar-refractivity contribution >= 4 is 9.84 Å². The van der Waals surface area contributed by atoms with Crippen molar-refractivity contribution in [2.75, 3.05) is 5.88 Å². The van der Waals surface area contributed by atoms with E-state index >= 15 is 0 Å². The van der Waals surface area contributed by atoms with E-state index in [2.05, 4.69) is 26.1 Å². The Morgan fingerprint density at radius 3 is 2.17 bits per heavy atom. The zero-order chi connectivity index (χ0) is 13.4. The van der Waals surface area contributed by atoms with Gasteiger partial charge in [-0.1, -0.05) is 32.9 Å². The number of rotatable bonds is 4. The van der Waals surface area contributed by atoms with E-state index in [0.29, 0.717) is 10.9 Å². The second-order valence-corrected chi connectivity index (χ2v) is 8.00. The highest BCUT2D eigenvalue weighted by Crippen LogP contribution is 2.24. The Morgan fingerprint density at radius 2 is 1.72 bits per heavy atom. The SMILES string of the molecule is CC(C)(C)c1ccc(S(=O)(=O)CNC2CC2)cc1. The van der Waals surface area contributed by atoms with Crippen molar-refractivity contribution in [2.45, 2.75) is 50.0 Å². The molecule has 1 fully saturated rings. The van der Waals surface area contributed by atoms with Crippen LogP contribution >= 0.6 is 0 Å². The van der Waals surface area contributed by atoms with E-state index in [0.717, 1.165) is 18.4 Å². The molecule has 0 amide bonds. The lowest BCUT2D eigenvalue weighted by Crippen LogP contribution is -2.25. The molecular formula is C14H21NO2S. The summed E-state index contributed by atoms with van der Waals surface area (Å²) in [5, 5.41) is 3.05. The van der Waals surface area contributed by atoms with Crippen LogP contribution in [-0.2, 0) is 15.3 Å². The van der Waals surface area contributed by atoms with Crippen molar-refractivity contribution in [1.29, 1.82) is 0 Å². The molecule has 0 bridgehead atoms. The molecule has 0 aliphatic heterocycles. The third kappa shape index (κ3) is 3.33. The van der Waals surface area contributed by atoms with E-state index in [1.165, 1.54) is 0 Å². The fourth-order valence-electron chi connectivity index (χ4n) is 1.76. The summed E-state index contributed by atoms with van der Waals surface area (Å²) in [7, 11) is -3.19. The molecule has 3 nitrogen and oxygen atoms in total. The standard InChI is InChI=1S/C14H21NO2S/c1-14(2,3)11-4-8-13(9-5-11)18(16,17)10-15-12-6-7-12/h4-5,8-9,12,15H,6-7,10H2,1-3H3. The summed E-state index contributed by atoms with van der Waals surface area (Å²) in [5.74, 6) is 0.0481. The molecule has 1 aromatic rings. The van der Waals surface area contributed by atoms with Gasteiger partial charge in [0.15, 0.2) is 9.84 Å². The first-order valence-corrected chi connectivity index (χ1v) is 8.01. The first-order chi connectivity index (χ1) is 8.29. The third-order valence-corrected chi connectivity index (χ3v) is 4.76. The molecule has 2 rings (SSSR count). The molecule has 1 aliphatic rings. The predicted molar refractivity (Wildman–Crippen MR) is 73.4 cm³/mol. The fraction of sp³-hybridized carbons (Fsp3) is 0.571. The van der Waals surface area contributed by atoms with Crippen LogP contribution in [0.5, 0.6) is 0 Å². The minimum atomic E-state index is -3.19. The van der Waals surface area contributed by atoms with Crippen molar-refractivity contribution in [2.24, 2.45) is 0 Å². The molecule has 0 unspecified atom stereocenters. The Labute approximate surface area is 110 Å². The van der Waals surface area contributed by atoms with E-state index in [9.17, 15) is 8.42 Å². The molecule has 1 aliphatic carbocycles. The van der Waals surface area contributed by atoms with Gasteiger partial charge in [-0.2, -0.15) is 0 Å². The van der Waals surface area contributed by atoms with Gasteiger partial charge < -0.3 is 5.32 Å². The summed E-state index contributed by atoms with van der Waals surface area (Å²) >= 11 is 0. The Hall–Kier alpha value is -0.870. The van der Waals surface area contributed by atoms with Gasteiger partial charge in [0.2, 0.25) is 0 Å². The van der Waals surface area contributed by atoms with Crippen LogP contribution < -0.4 is 5.32 Å². The van der Waals surface area contributed by atoms with Gasteiger partial charge in [0.25, 0.3) is 0 Å². The Morgan fingerprint density at radius 1 is 1.17 bits per heavy atom. The van der Waals surface area contributed by atoms with Crippen LogP contribution in [0, 0.1) is 0 Å². The lowest BCUT2D eigenvalue weighted by atomic mass is 9.87. The summed E-state index contributed by atoms with van der Waals surface area (Å²) < 4.78 is 24.1. The lowest BCUT2D eigenvalue weighted by molar-refractivity contribution is 0.582. The normalized spacial score (nSPS) is 16.8. The van der Waals surface area contributed by atoms with Crippen LogP contribution in [0.1, 0.15) is 39.2 Å². The van der Waals surface area contributed by atoms with Crippen molar-refractivity contribution in [1.82, 2.24) is 5.32 Å². The number of benzene rings is 1. The fourth-order valence-corrected chi connectivity index (χ4v) is 2.93. The summed E-state index contributed by atoms with van der Waals surface area (Å²) in [6.07, 6.45) is 2.19. The minimum Gasteiger partial charge on any atom is -0.301 e. The quantitative estimate of drug-likeness (QED) is 0.911. The van der Waals surface area contributed by atoms with Gasteiger partial charge in [0.1, 0.15) is 5.88 Å². The molecule has 0 radical (unpaired) electrons. The average Bonchev–Trinajstić information content (AvgIpc) is 3.09. The monoisotopic (exact) mass is 267 g/mol. The van der Waals surface area contributed by atoms with Gasteiger partial charge in [-0.3, -0.25) is 0 Å². The number of nitrogens with one attached hydrogen (secondary N) is 1. The van der Waals surface area contributed by atoms with Crippen LogP contribution in [0.3, 0.4) is 0 Å². The molecule has 4 heteroatoms. The Balaban J connectivity index is 2.12. The highest BCUT2D eigenvalue weighted by atomic mass is 32.2. The molecule has 0 atom stereocenters. The van der Waals surface area contributed by atoms with Crippen LogP contribution in [0.25, 0.3) is 0 Å². The van der Waals surface area contributed by atoms with Gasteiger partial charge in [0, 0.05) is 6.04 Å². The summed E-state index contributed by atoms with van der Waals surface area (Å²) in [6.45, 7) is 6.35. The maximum absolute atomic E-state index is 12.1. The van der Waals surface area contributed by atoms with Crippen molar-refractivity contribution in [3.05, 3.63) is 29.8 Å².